The van der Waals surface area contributed by atoms with Crippen LogP contribution in [0.5, 0.6) is 0 Å². The van der Waals surface area contributed by atoms with Crippen LogP contribution in [0.15, 0.2) is 0 Å². The molecule has 1 aliphatic rings. The fourth-order valence-corrected chi connectivity index (χ4v) is 1.47. The molecule has 0 bridgehead atoms. The van der Waals surface area contributed by atoms with E-state index < -0.39 is 5.92 Å². The predicted octanol–water partition coefficient (Wildman–Crippen LogP) is 2.49. The first-order valence-electron chi connectivity index (χ1n) is 4.69. The summed E-state index contributed by atoms with van der Waals surface area (Å²) in [6.07, 6.45) is 2.65. The monoisotopic (exact) mass is 190 g/mol. The normalized spacial score (nSPS) is 19.3. The van der Waals surface area contributed by atoms with Crippen LogP contribution in [0, 0.1) is 5.41 Å². The van der Waals surface area contributed by atoms with Gasteiger partial charge in [-0.25, -0.2) is 8.78 Å². The van der Waals surface area contributed by atoms with Gasteiger partial charge in [0.2, 0.25) is 5.92 Å². The number of piperidine rings is 1. The van der Waals surface area contributed by atoms with Crippen molar-refractivity contribution in [3.05, 3.63) is 0 Å². The van der Waals surface area contributed by atoms with E-state index in [1.165, 1.54) is 0 Å². The summed E-state index contributed by atoms with van der Waals surface area (Å²) < 4.78 is 25.0. The van der Waals surface area contributed by atoms with Crippen molar-refractivity contribution in [2.75, 3.05) is 13.1 Å². The van der Waals surface area contributed by atoms with Gasteiger partial charge in [-0.1, -0.05) is 0 Å². The van der Waals surface area contributed by atoms with Crippen molar-refractivity contribution >= 4 is 5.84 Å². The zero-order valence-corrected chi connectivity index (χ0v) is 7.95. The summed E-state index contributed by atoms with van der Waals surface area (Å²) in [5, 5.41) is 7.53. The molecule has 0 saturated carbocycles. The van der Waals surface area contributed by atoms with Crippen molar-refractivity contribution in [3.63, 3.8) is 0 Å². The first-order chi connectivity index (χ1) is 5.99. The van der Waals surface area contributed by atoms with Crippen LogP contribution in [-0.2, 0) is 0 Å². The number of nitrogens with zero attached hydrogens (tertiary/aromatic N) is 1. The lowest BCUT2D eigenvalue weighted by Crippen LogP contribution is -2.37. The minimum absolute atomic E-state index is 0.143. The summed E-state index contributed by atoms with van der Waals surface area (Å²) in [5.74, 6) is -2.08. The Morgan fingerprint density at radius 3 is 2.69 bits per heavy atom. The second-order valence-corrected chi connectivity index (χ2v) is 3.71. The largest absolute Gasteiger partial charge is 0.360 e. The molecule has 1 heterocycles. The molecule has 4 heteroatoms. The van der Waals surface area contributed by atoms with E-state index in [9.17, 15) is 8.78 Å². The number of alkyl halides is 2. The quantitative estimate of drug-likeness (QED) is 0.727. The molecule has 0 atom stereocenters. The molecule has 1 fully saturated rings. The molecule has 0 amide bonds. The van der Waals surface area contributed by atoms with Crippen LogP contribution in [0.4, 0.5) is 8.78 Å². The fraction of sp³-hybridized carbons (Fsp3) is 0.889. The molecule has 1 rings (SSSR count). The van der Waals surface area contributed by atoms with Crippen molar-refractivity contribution in [1.82, 2.24) is 4.90 Å². The number of amidine groups is 1. The highest BCUT2D eigenvalue weighted by Gasteiger charge is 2.23. The standard InChI is InChI=1S/C9H16F2N2/c1-9(10,11)5-7-13-6-3-2-4-8(13)12/h12H,2-7H2,1H3. The second-order valence-electron chi connectivity index (χ2n) is 3.71. The first-order valence-corrected chi connectivity index (χ1v) is 4.69. The Morgan fingerprint density at radius 1 is 1.46 bits per heavy atom. The van der Waals surface area contributed by atoms with Gasteiger partial charge in [-0.3, -0.25) is 5.41 Å². The van der Waals surface area contributed by atoms with E-state index in [4.69, 9.17) is 5.41 Å². The van der Waals surface area contributed by atoms with Crippen LogP contribution in [0.1, 0.15) is 32.6 Å². The van der Waals surface area contributed by atoms with Gasteiger partial charge < -0.3 is 4.90 Å². The molecule has 0 radical (unpaired) electrons. The molecule has 0 unspecified atom stereocenters. The van der Waals surface area contributed by atoms with E-state index in [0.717, 1.165) is 32.7 Å². The zero-order chi connectivity index (χ0) is 9.90. The first kappa shape index (κ1) is 10.4. The topological polar surface area (TPSA) is 27.1 Å². The van der Waals surface area contributed by atoms with E-state index in [-0.39, 0.29) is 6.42 Å². The van der Waals surface area contributed by atoms with E-state index in [1.807, 2.05) is 0 Å². The average molecular weight is 190 g/mol. The molecule has 0 aliphatic carbocycles. The predicted molar refractivity (Wildman–Crippen MR) is 48.4 cm³/mol. The number of nitrogens with one attached hydrogen (secondary N) is 1. The highest BCUT2D eigenvalue weighted by molar-refractivity contribution is 5.79. The maximum Gasteiger partial charge on any atom is 0.247 e. The minimum Gasteiger partial charge on any atom is -0.360 e. The zero-order valence-electron chi connectivity index (χ0n) is 7.95. The Morgan fingerprint density at radius 2 is 2.15 bits per heavy atom. The van der Waals surface area contributed by atoms with Crippen LogP contribution >= 0.6 is 0 Å². The third kappa shape index (κ3) is 3.70. The Balaban J connectivity index is 2.31. The molecule has 13 heavy (non-hydrogen) atoms. The van der Waals surface area contributed by atoms with Crippen molar-refractivity contribution in [3.8, 4) is 0 Å². The fourth-order valence-electron chi connectivity index (χ4n) is 1.47. The number of halogens is 2. The highest BCUT2D eigenvalue weighted by atomic mass is 19.3. The Hall–Kier alpha value is -0.670. The molecule has 1 aliphatic heterocycles. The molecule has 1 saturated heterocycles. The lowest BCUT2D eigenvalue weighted by molar-refractivity contribution is 0.00750. The second kappa shape index (κ2) is 4.03. The third-order valence-corrected chi connectivity index (χ3v) is 2.29. The number of likely N-dealkylation sites (tertiary alicyclic amines) is 1. The van der Waals surface area contributed by atoms with Crippen LogP contribution in [0.2, 0.25) is 0 Å². The minimum atomic E-state index is -2.60. The van der Waals surface area contributed by atoms with Gasteiger partial charge in [0, 0.05) is 25.9 Å². The Labute approximate surface area is 77.4 Å². The van der Waals surface area contributed by atoms with Crippen molar-refractivity contribution in [1.29, 1.82) is 5.41 Å². The van der Waals surface area contributed by atoms with Gasteiger partial charge in [-0.05, 0) is 19.8 Å². The highest BCUT2D eigenvalue weighted by Crippen LogP contribution is 2.19. The van der Waals surface area contributed by atoms with Gasteiger partial charge in [0.15, 0.2) is 0 Å². The van der Waals surface area contributed by atoms with E-state index in [1.54, 1.807) is 4.90 Å². The summed E-state index contributed by atoms with van der Waals surface area (Å²) in [6, 6.07) is 0. The van der Waals surface area contributed by atoms with Gasteiger partial charge in [-0.15, -0.1) is 0 Å². The van der Waals surface area contributed by atoms with Gasteiger partial charge in [-0.2, -0.15) is 0 Å². The third-order valence-electron chi connectivity index (χ3n) is 2.29. The summed E-state index contributed by atoms with van der Waals surface area (Å²) in [4.78, 5) is 1.76. The molecule has 0 aromatic carbocycles. The van der Waals surface area contributed by atoms with E-state index >= 15 is 0 Å². The molecule has 0 spiro atoms. The summed E-state index contributed by atoms with van der Waals surface area (Å²) in [6.45, 7) is 2.03. The number of rotatable bonds is 3. The summed E-state index contributed by atoms with van der Waals surface area (Å²) in [7, 11) is 0. The number of hydrogen-bond donors (Lipinski definition) is 1. The van der Waals surface area contributed by atoms with Crippen molar-refractivity contribution in [2.45, 2.75) is 38.5 Å². The molecular weight excluding hydrogens is 174 g/mol. The van der Waals surface area contributed by atoms with Gasteiger partial charge in [0.05, 0.1) is 5.84 Å². The summed E-state index contributed by atoms with van der Waals surface area (Å²) in [5.41, 5.74) is 0. The lowest BCUT2D eigenvalue weighted by Gasteiger charge is -2.30. The average Bonchev–Trinajstić information content (AvgIpc) is 2.01. The molecule has 1 N–H and O–H groups in total. The smallest absolute Gasteiger partial charge is 0.247 e. The molecular formula is C9H16F2N2. The van der Waals surface area contributed by atoms with Crippen molar-refractivity contribution < 1.29 is 8.78 Å². The van der Waals surface area contributed by atoms with Crippen LogP contribution in [0.25, 0.3) is 0 Å². The number of hydrogen-bond acceptors (Lipinski definition) is 1. The maximum atomic E-state index is 12.5. The molecule has 0 aromatic rings. The van der Waals surface area contributed by atoms with E-state index in [2.05, 4.69) is 0 Å². The SMILES string of the molecule is CC(F)(F)CCN1CCCCC1=N. The van der Waals surface area contributed by atoms with Gasteiger partial charge in [0.25, 0.3) is 0 Å². The molecule has 2 nitrogen and oxygen atoms in total. The molecule has 76 valence electrons. The van der Waals surface area contributed by atoms with E-state index in [0.29, 0.717) is 12.4 Å². The van der Waals surface area contributed by atoms with Crippen LogP contribution in [0.3, 0.4) is 0 Å². The summed E-state index contributed by atoms with van der Waals surface area (Å²) >= 11 is 0. The van der Waals surface area contributed by atoms with Crippen LogP contribution < -0.4 is 0 Å². The lowest BCUT2D eigenvalue weighted by atomic mass is 10.1. The maximum absolute atomic E-state index is 12.5. The Kier molecular flexibility index (Phi) is 3.22. The molecule has 0 aromatic heterocycles. The van der Waals surface area contributed by atoms with Crippen LogP contribution in [-0.4, -0.2) is 29.7 Å². The van der Waals surface area contributed by atoms with Crippen molar-refractivity contribution in [2.24, 2.45) is 0 Å². The Bertz CT molecular complexity index is 187. The van der Waals surface area contributed by atoms with Gasteiger partial charge >= 0.3 is 0 Å². The van der Waals surface area contributed by atoms with Gasteiger partial charge in [0.1, 0.15) is 0 Å².